The van der Waals surface area contributed by atoms with Gasteiger partial charge in [-0.25, -0.2) is 4.79 Å². The fourth-order valence-corrected chi connectivity index (χ4v) is 3.77. The molecular weight excluding hydrogens is 374 g/mol. The lowest BCUT2D eigenvalue weighted by Crippen LogP contribution is -2.44. The number of urea groups is 1. The number of likely N-dealkylation sites (tertiary alicyclic amines) is 1. The largest absolute Gasteiger partial charge is 0.348 e. The Morgan fingerprint density at radius 2 is 1.96 bits per heavy atom. The van der Waals surface area contributed by atoms with Gasteiger partial charge in [-0.2, -0.15) is 0 Å². The molecule has 1 aliphatic heterocycles. The standard InChI is InChI=1S/C22H26ClN3O2/c1-2-24-22(28)26-11-5-9-19(15-26)17-7-4-8-18(13-17)21(27)25-14-16-6-3-10-20(23)12-16/h3-4,6-8,10,12-13,19H,2,5,9,11,14-15H2,1H3,(H,24,28)(H,25,27). The van der Waals surface area contributed by atoms with Gasteiger partial charge in [0.1, 0.15) is 0 Å². The van der Waals surface area contributed by atoms with Gasteiger partial charge in [0, 0.05) is 42.7 Å². The molecule has 0 spiro atoms. The van der Waals surface area contributed by atoms with E-state index in [0.29, 0.717) is 30.2 Å². The Morgan fingerprint density at radius 1 is 1.14 bits per heavy atom. The van der Waals surface area contributed by atoms with Crippen LogP contribution in [-0.2, 0) is 6.54 Å². The third-order valence-corrected chi connectivity index (χ3v) is 5.23. The molecule has 0 saturated carbocycles. The number of halogens is 1. The highest BCUT2D eigenvalue weighted by atomic mass is 35.5. The van der Waals surface area contributed by atoms with Gasteiger partial charge >= 0.3 is 6.03 Å². The number of rotatable bonds is 5. The molecule has 3 amide bonds. The first kappa shape index (κ1) is 20.2. The van der Waals surface area contributed by atoms with Crippen molar-refractivity contribution in [1.29, 1.82) is 0 Å². The van der Waals surface area contributed by atoms with E-state index in [2.05, 4.69) is 10.6 Å². The van der Waals surface area contributed by atoms with Crippen LogP contribution >= 0.6 is 11.6 Å². The Labute approximate surface area is 171 Å². The molecule has 28 heavy (non-hydrogen) atoms. The molecule has 0 aromatic heterocycles. The maximum Gasteiger partial charge on any atom is 0.317 e. The highest BCUT2D eigenvalue weighted by Crippen LogP contribution is 2.27. The van der Waals surface area contributed by atoms with Gasteiger partial charge in [-0.3, -0.25) is 4.79 Å². The maximum absolute atomic E-state index is 12.6. The first-order valence-electron chi connectivity index (χ1n) is 9.72. The molecule has 6 heteroatoms. The molecule has 2 N–H and O–H groups in total. The molecule has 0 radical (unpaired) electrons. The fraction of sp³-hybridized carbons (Fsp3) is 0.364. The molecular formula is C22H26ClN3O2. The molecule has 1 heterocycles. The molecule has 5 nitrogen and oxygen atoms in total. The van der Waals surface area contributed by atoms with E-state index in [1.165, 1.54) is 0 Å². The quantitative estimate of drug-likeness (QED) is 0.792. The molecule has 2 aromatic rings. The second kappa shape index (κ2) is 9.60. The number of piperidine rings is 1. The van der Waals surface area contributed by atoms with E-state index in [1.807, 2.05) is 60.4 Å². The van der Waals surface area contributed by atoms with Crippen molar-refractivity contribution in [3.05, 3.63) is 70.2 Å². The lowest BCUT2D eigenvalue weighted by Gasteiger charge is -2.33. The van der Waals surface area contributed by atoms with Crippen LogP contribution in [0, 0.1) is 0 Å². The Kier molecular flexibility index (Phi) is 6.93. The molecule has 1 atom stereocenters. The van der Waals surface area contributed by atoms with Gasteiger partial charge in [-0.15, -0.1) is 0 Å². The number of nitrogens with zero attached hydrogens (tertiary/aromatic N) is 1. The summed E-state index contributed by atoms with van der Waals surface area (Å²) in [7, 11) is 0. The number of hydrogen-bond donors (Lipinski definition) is 2. The number of carbonyl (C=O) groups is 2. The highest BCUT2D eigenvalue weighted by Gasteiger charge is 2.24. The smallest absolute Gasteiger partial charge is 0.317 e. The van der Waals surface area contributed by atoms with Gasteiger partial charge < -0.3 is 15.5 Å². The first-order valence-corrected chi connectivity index (χ1v) is 10.1. The van der Waals surface area contributed by atoms with E-state index >= 15 is 0 Å². The average molecular weight is 400 g/mol. The van der Waals surface area contributed by atoms with Crippen molar-refractivity contribution in [3.8, 4) is 0 Å². The van der Waals surface area contributed by atoms with E-state index in [0.717, 1.165) is 30.5 Å². The predicted molar refractivity (Wildman–Crippen MR) is 112 cm³/mol. The van der Waals surface area contributed by atoms with Crippen LogP contribution in [0.5, 0.6) is 0 Å². The molecule has 1 fully saturated rings. The van der Waals surface area contributed by atoms with E-state index in [-0.39, 0.29) is 17.9 Å². The van der Waals surface area contributed by atoms with Crippen LogP contribution in [0.3, 0.4) is 0 Å². The number of nitrogens with one attached hydrogen (secondary N) is 2. The summed E-state index contributed by atoms with van der Waals surface area (Å²) in [5.74, 6) is 0.134. The summed E-state index contributed by atoms with van der Waals surface area (Å²) < 4.78 is 0. The van der Waals surface area contributed by atoms with Crippen molar-refractivity contribution in [3.63, 3.8) is 0 Å². The summed E-state index contributed by atoms with van der Waals surface area (Å²) in [6.07, 6.45) is 1.98. The molecule has 1 saturated heterocycles. The summed E-state index contributed by atoms with van der Waals surface area (Å²) in [5.41, 5.74) is 2.70. The van der Waals surface area contributed by atoms with Gasteiger partial charge in [-0.05, 0) is 55.2 Å². The van der Waals surface area contributed by atoms with Gasteiger partial charge in [-0.1, -0.05) is 35.9 Å². The summed E-state index contributed by atoms with van der Waals surface area (Å²) in [4.78, 5) is 26.6. The maximum atomic E-state index is 12.6. The second-order valence-electron chi connectivity index (χ2n) is 7.06. The fourth-order valence-electron chi connectivity index (χ4n) is 3.56. The molecule has 3 rings (SSSR count). The molecule has 2 aromatic carbocycles. The Hall–Kier alpha value is -2.53. The Bertz CT molecular complexity index is 840. The van der Waals surface area contributed by atoms with Crippen molar-refractivity contribution in [2.24, 2.45) is 0 Å². The zero-order chi connectivity index (χ0) is 19.9. The summed E-state index contributed by atoms with van der Waals surface area (Å²) >= 11 is 5.99. The van der Waals surface area contributed by atoms with Crippen molar-refractivity contribution in [2.75, 3.05) is 19.6 Å². The summed E-state index contributed by atoms with van der Waals surface area (Å²) in [6, 6.07) is 15.2. The summed E-state index contributed by atoms with van der Waals surface area (Å²) in [5, 5.41) is 6.47. The SMILES string of the molecule is CCNC(=O)N1CCCC(c2cccc(C(=O)NCc3cccc(Cl)c3)c2)C1. The third kappa shape index (κ3) is 5.26. The van der Waals surface area contributed by atoms with Crippen molar-refractivity contribution >= 4 is 23.5 Å². The lowest BCUT2D eigenvalue weighted by molar-refractivity contribution is 0.0950. The number of hydrogen-bond acceptors (Lipinski definition) is 2. The van der Waals surface area contributed by atoms with E-state index in [1.54, 1.807) is 0 Å². The van der Waals surface area contributed by atoms with Crippen molar-refractivity contribution in [2.45, 2.75) is 32.2 Å². The van der Waals surface area contributed by atoms with Crippen molar-refractivity contribution in [1.82, 2.24) is 15.5 Å². The molecule has 1 unspecified atom stereocenters. The Morgan fingerprint density at radius 3 is 2.75 bits per heavy atom. The van der Waals surface area contributed by atoms with Gasteiger partial charge in [0.25, 0.3) is 5.91 Å². The van der Waals surface area contributed by atoms with Gasteiger partial charge in [0.05, 0.1) is 0 Å². The van der Waals surface area contributed by atoms with Crippen LogP contribution in [0.4, 0.5) is 4.79 Å². The average Bonchev–Trinajstić information content (AvgIpc) is 2.72. The molecule has 0 aliphatic carbocycles. The molecule has 1 aliphatic rings. The zero-order valence-electron chi connectivity index (χ0n) is 16.1. The van der Waals surface area contributed by atoms with Crippen molar-refractivity contribution < 1.29 is 9.59 Å². The third-order valence-electron chi connectivity index (χ3n) is 5.00. The minimum Gasteiger partial charge on any atom is -0.348 e. The molecule has 148 valence electrons. The van der Waals surface area contributed by atoms with Crippen LogP contribution in [0.2, 0.25) is 5.02 Å². The van der Waals surface area contributed by atoms with Crippen LogP contribution < -0.4 is 10.6 Å². The molecule has 0 bridgehead atoms. The highest BCUT2D eigenvalue weighted by molar-refractivity contribution is 6.30. The zero-order valence-corrected chi connectivity index (χ0v) is 16.8. The van der Waals surface area contributed by atoms with E-state index in [9.17, 15) is 9.59 Å². The monoisotopic (exact) mass is 399 g/mol. The predicted octanol–water partition coefficient (Wildman–Crippen LogP) is 4.18. The number of amides is 3. The van der Waals surface area contributed by atoms with E-state index in [4.69, 9.17) is 11.6 Å². The van der Waals surface area contributed by atoms with Crippen LogP contribution in [0.1, 0.15) is 47.2 Å². The minimum absolute atomic E-state index is 0.0115. The van der Waals surface area contributed by atoms with Crippen LogP contribution in [-0.4, -0.2) is 36.5 Å². The number of benzene rings is 2. The van der Waals surface area contributed by atoms with Crippen LogP contribution in [0.15, 0.2) is 48.5 Å². The van der Waals surface area contributed by atoms with Gasteiger partial charge in [0.2, 0.25) is 0 Å². The summed E-state index contributed by atoms with van der Waals surface area (Å²) in [6.45, 7) is 4.44. The number of carbonyl (C=O) groups excluding carboxylic acids is 2. The minimum atomic E-state index is -0.113. The second-order valence-corrected chi connectivity index (χ2v) is 7.50. The van der Waals surface area contributed by atoms with Crippen LogP contribution in [0.25, 0.3) is 0 Å². The Balaban J connectivity index is 1.64. The lowest BCUT2D eigenvalue weighted by atomic mass is 9.89. The van der Waals surface area contributed by atoms with Gasteiger partial charge in [0.15, 0.2) is 0 Å². The topological polar surface area (TPSA) is 61.4 Å². The first-order chi connectivity index (χ1) is 13.6. The van der Waals surface area contributed by atoms with E-state index < -0.39 is 0 Å². The normalized spacial score (nSPS) is 16.5.